The Morgan fingerprint density at radius 1 is 1.33 bits per heavy atom. The van der Waals surface area contributed by atoms with Crippen LogP contribution in [0.3, 0.4) is 0 Å². The fourth-order valence-corrected chi connectivity index (χ4v) is 3.89. The van der Waals surface area contributed by atoms with Gasteiger partial charge in [-0.05, 0) is 45.6 Å². The third-order valence-corrected chi connectivity index (χ3v) is 5.38. The van der Waals surface area contributed by atoms with Crippen LogP contribution in [0.1, 0.15) is 62.6 Å². The van der Waals surface area contributed by atoms with Gasteiger partial charge in [-0.25, -0.2) is 4.99 Å². The van der Waals surface area contributed by atoms with Gasteiger partial charge in [0.15, 0.2) is 11.8 Å². The highest BCUT2D eigenvalue weighted by atomic mass is 15.3. The fraction of sp³-hybridized carbons (Fsp3) is 0.684. The van der Waals surface area contributed by atoms with Crippen molar-refractivity contribution in [1.29, 1.82) is 0 Å². The zero-order valence-electron chi connectivity index (χ0n) is 16.6. The minimum Gasteiger partial charge on any atom is -0.357 e. The summed E-state index contributed by atoms with van der Waals surface area (Å²) in [6.07, 6.45) is 7.51. The van der Waals surface area contributed by atoms with Crippen molar-refractivity contribution in [2.24, 2.45) is 4.99 Å². The first-order valence-corrected chi connectivity index (χ1v) is 10.2. The predicted octanol–water partition coefficient (Wildman–Crippen LogP) is 1.61. The quantitative estimate of drug-likeness (QED) is 0.617. The fourth-order valence-electron chi connectivity index (χ4n) is 3.89. The molecule has 0 bridgehead atoms. The van der Waals surface area contributed by atoms with E-state index < -0.39 is 0 Å². The van der Waals surface area contributed by atoms with Crippen molar-refractivity contribution in [3.8, 4) is 0 Å². The van der Waals surface area contributed by atoms with Gasteiger partial charge in [-0.15, -0.1) is 10.2 Å². The van der Waals surface area contributed by atoms with Crippen molar-refractivity contribution in [2.45, 2.75) is 78.0 Å². The van der Waals surface area contributed by atoms with E-state index in [1.54, 1.807) is 0 Å². The number of aryl methyl sites for hydroxylation is 2. The van der Waals surface area contributed by atoms with Gasteiger partial charge in [0.25, 0.3) is 0 Å². The molecule has 3 heterocycles. The Labute approximate surface area is 160 Å². The van der Waals surface area contributed by atoms with Crippen LogP contribution in [0.2, 0.25) is 0 Å². The molecular formula is C19H30N8. The van der Waals surface area contributed by atoms with Crippen LogP contribution >= 0.6 is 0 Å². The summed E-state index contributed by atoms with van der Waals surface area (Å²) in [5, 5.41) is 20.3. The second-order valence-electron chi connectivity index (χ2n) is 7.74. The summed E-state index contributed by atoms with van der Waals surface area (Å²) in [7, 11) is 0. The molecule has 4 rings (SSSR count). The normalized spacial score (nSPS) is 19.3. The molecule has 146 valence electrons. The average molecular weight is 371 g/mol. The van der Waals surface area contributed by atoms with Crippen LogP contribution in [0.25, 0.3) is 0 Å². The molecule has 0 spiro atoms. The van der Waals surface area contributed by atoms with Crippen molar-refractivity contribution in [3.05, 3.63) is 29.1 Å². The van der Waals surface area contributed by atoms with Gasteiger partial charge in [-0.1, -0.05) is 0 Å². The van der Waals surface area contributed by atoms with E-state index in [-0.39, 0.29) is 0 Å². The largest absolute Gasteiger partial charge is 0.357 e. The summed E-state index contributed by atoms with van der Waals surface area (Å²) in [4.78, 5) is 4.76. The van der Waals surface area contributed by atoms with E-state index in [0.717, 1.165) is 62.8 Å². The van der Waals surface area contributed by atoms with Crippen molar-refractivity contribution < 1.29 is 0 Å². The van der Waals surface area contributed by atoms with Gasteiger partial charge in [0.05, 0.1) is 5.69 Å². The first kappa shape index (κ1) is 18.0. The molecule has 8 heteroatoms. The molecular weight excluding hydrogens is 340 g/mol. The van der Waals surface area contributed by atoms with E-state index in [0.29, 0.717) is 18.6 Å². The number of nitrogens with zero attached hydrogens (tertiary/aromatic N) is 6. The zero-order valence-corrected chi connectivity index (χ0v) is 16.6. The van der Waals surface area contributed by atoms with Gasteiger partial charge in [-0.3, -0.25) is 4.68 Å². The molecule has 1 unspecified atom stereocenters. The molecule has 2 aliphatic rings. The molecule has 1 aliphatic heterocycles. The molecule has 0 saturated carbocycles. The third kappa shape index (κ3) is 3.84. The second-order valence-corrected chi connectivity index (χ2v) is 7.74. The number of fused-ring (bicyclic) bond motifs is 2. The predicted molar refractivity (Wildman–Crippen MR) is 105 cm³/mol. The van der Waals surface area contributed by atoms with E-state index in [2.05, 4.69) is 57.0 Å². The molecule has 2 N–H and O–H groups in total. The lowest BCUT2D eigenvalue weighted by Crippen LogP contribution is -2.45. The minimum atomic E-state index is 0.356. The van der Waals surface area contributed by atoms with Crippen LogP contribution in [-0.2, 0) is 32.4 Å². The lowest BCUT2D eigenvalue weighted by atomic mass is 9.94. The topological polar surface area (TPSA) is 85.0 Å². The van der Waals surface area contributed by atoms with Crippen LogP contribution in [0.15, 0.2) is 11.2 Å². The molecule has 0 aromatic carbocycles. The van der Waals surface area contributed by atoms with Gasteiger partial charge in [-0.2, -0.15) is 5.10 Å². The average Bonchev–Trinajstić information content (AvgIpc) is 3.35. The summed E-state index contributed by atoms with van der Waals surface area (Å²) in [6, 6.07) is 0.765. The van der Waals surface area contributed by atoms with Gasteiger partial charge in [0.1, 0.15) is 12.4 Å². The number of hydrogen-bond acceptors (Lipinski definition) is 4. The van der Waals surface area contributed by atoms with Gasteiger partial charge >= 0.3 is 0 Å². The number of nitrogens with one attached hydrogen (secondary N) is 2. The maximum Gasteiger partial charge on any atom is 0.191 e. The van der Waals surface area contributed by atoms with Crippen LogP contribution < -0.4 is 10.6 Å². The summed E-state index contributed by atoms with van der Waals surface area (Å²) in [6.45, 7) is 8.85. The molecule has 0 radical (unpaired) electrons. The minimum absolute atomic E-state index is 0.356. The van der Waals surface area contributed by atoms with Crippen molar-refractivity contribution in [1.82, 2.24) is 35.2 Å². The van der Waals surface area contributed by atoms with E-state index in [4.69, 9.17) is 10.1 Å². The Morgan fingerprint density at radius 3 is 3.04 bits per heavy atom. The van der Waals surface area contributed by atoms with Crippen molar-refractivity contribution in [2.75, 3.05) is 6.54 Å². The van der Waals surface area contributed by atoms with Crippen LogP contribution in [0.5, 0.6) is 0 Å². The first-order chi connectivity index (χ1) is 13.1. The number of rotatable bonds is 5. The van der Waals surface area contributed by atoms with Gasteiger partial charge in [0.2, 0.25) is 0 Å². The SMILES string of the molecule is CCNC(=NCc1nnc2n1CCC2)NC1CCc2cn(C(C)C)nc2C1. The smallest absolute Gasteiger partial charge is 0.191 e. The van der Waals surface area contributed by atoms with E-state index in [1.807, 2.05) is 0 Å². The van der Waals surface area contributed by atoms with Crippen molar-refractivity contribution >= 4 is 5.96 Å². The molecule has 2 aromatic heterocycles. The molecule has 1 atom stereocenters. The summed E-state index contributed by atoms with van der Waals surface area (Å²) >= 11 is 0. The summed E-state index contributed by atoms with van der Waals surface area (Å²) in [5.74, 6) is 2.91. The number of hydrogen-bond donors (Lipinski definition) is 2. The van der Waals surface area contributed by atoms with E-state index in [9.17, 15) is 0 Å². The summed E-state index contributed by atoms with van der Waals surface area (Å²) < 4.78 is 4.29. The summed E-state index contributed by atoms with van der Waals surface area (Å²) in [5.41, 5.74) is 2.61. The first-order valence-electron chi connectivity index (χ1n) is 10.2. The van der Waals surface area contributed by atoms with Crippen LogP contribution in [-0.4, -0.2) is 43.1 Å². The Morgan fingerprint density at radius 2 is 2.22 bits per heavy atom. The van der Waals surface area contributed by atoms with Crippen LogP contribution in [0.4, 0.5) is 0 Å². The Hall–Kier alpha value is -2.38. The van der Waals surface area contributed by atoms with Crippen LogP contribution in [0, 0.1) is 0 Å². The van der Waals surface area contributed by atoms with Crippen molar-refractivity contribution in [3.63, 3.8) is 0 Å². The lowest BCUT2D eigenvalue weighted by Gasteiger charge is -2.24. The van der Waals surface area contributed by atoms with E-state index >= 15 is 0 Å². The molecule has 8 nitrogen and oxygen atoms in total. The number of aromatic nitrogens is 5. The molecule has 0 amide bonds. The van der Waals surface area contributed by atoms with Gasteiger partial charge in [0, 0.05) is 44.2 Å². The maximum absolute atomic E-state index is 4.77. The third-order valence-electron chi connectivity index (χ3n) is 5.38. The Kier molecular flexibility index (Phi) is 5.13. The Balaban J connectivity index is 1.42. The highest BCUT2D eigenvalue weighted by Gasteiger charge is 2.23. The molecule has 2 aromatic rings. The lowest BCUT2D eigenvalue weighted by molar-refractivity contribution is 0.499. The standard InChI is InChI=1S/C19H30N8/c1-4-20-19(21-11-18-24-23-17-6-5-9-26(17)18)22-15-8-7-14-12-27(13(2)3)25-16(14)10-15/h12-13,15H,4-11H2,1-3H3,(H2,20,21,22). The zero-order chi connectivity index (χ0) is 18.8. The number of aliphatic imine (C=N–C) groups is 1. The molecule has 1 aliphatic carbocycles. The highest BCUT2D eigenvalue weighted by molar-refractivity contribution is 5.80. The van der Waals surface area contributed by atoms with Gasteiger partial charge < -0.3 is 15.2 Å². The molecule has 27 heavy (non-hydrogen) atoms. The number of guanidine groups is 1. The molecule has 0 saturated heterocycles. The maximum atomic E-state index is 4.77. The van der Waals surface area contributed by atoms with E-state index in [1.165, 1.54) is 11.3 Å². The monoisotopic (exact) mass is 370 g/mol. The Bertz CT molecular complexity index is 816. The highest BCUT2D eigenvalue weighted by Crippen LogP contribution is 2.22. The second kappa shape index (κ2) is 7.70. The molecule has 0 fully saturated rings.